The third kappa shape index (κ3) is 3.84. The van der Waals surface area contributed by atoms with E-state index in [1.807, 2.05) is 0 Å². The number of hydrogen-bond donors (Lipinski definition) is 2. The number of urea groups is 1. The van der Waals surface area contributed by atoms with E-state index in [1.165, 1.54) is 25.3 Å². The van der Waals surface area contributed by atoms with Crippen molar-refractivity contribution in [3.05, 3.63) is 24.0 Å². The molecule has 2 rings (SSSR count). The number of carboxylic acids is 1. The number of anilines is 1. The van der Waals surface area contributed by atoms with Gasteiger partial charge in [0, 0.05) is 31.3 Å². The van der Waals surface area contributed by atoms with Crippen LogP contribution in [0.3, 0.4) is 0 Å². The Morgan fingerprint density at radius 2 is 2.29 bits per heavy atom. The number of ether oxygens (including phenoxy) is 1. The second-order valence-electron chi connectivity index (χ2n) is 4.98. The molecule has 1 atom stereocenters. The number of rotatable bonds is 4. The number of aliphatic carboxylic acids is 1. The van der Waals surface area contributed by atoms with Gasteiger partial charge in [-0.05, 0) is 24.5 Å². The first kappa shape index (κ1) is 15.1. The maximum absolute atomic E-state index is 13.3. The third-order valence-electron chi connectivity index (χ3n) is 3.44. The highest BCUT2D eigenvalue weighted by Gasteiger charge is 2.27. The Bertz CT molecular complexity index is 550. The van der Waals surface area contributed by atoms with Gasteiger partial charge in [0.1, 0.15) is 0 Å². The van der Waals surface area contributed by atoms with Crippen molar-refractivity contribution >= 4 is 17.7 Å². The summed E-state index contributed by atoms with van der Waals surface area (Å²) in [5.74, 6) is -1.32. The maximum atomic E-state index is 13.3. The number of halogens is 1. The van der Waals surface area contributed by atoms with Crippen LogP contribution in [0, 0.1) is 11.7 Å². The van der Waals surface area contributed by atoms with Gasteiger partial charge in [0.2, 0.25) is 0 Å². The average Bonchev–Trinajstić information content (AvgIpc) is 2.88. The Kier molecular flexibility index (Phi) is 4.62. The number of likely N-dealkylation sites (tertiary alicyclic amines) is 1. The second-order valence-corrected chi connectivity index (χ2v) is 4.98. The largest absolute Gasteiger partial charge is 0.494 e. The molecule has 1 aromatic rings. The molecule has 21 heavy (non-hydrogen) atoms. The molecular weight excluding hydrogens is 279 g/mol. The summed E-state index contributed by atoms with van der Waals surface area (Å²) in [6, 6.07) is 3.74. The summed E-state index contributed by atoms with van der Waals surface area (Å²) in [7, 11) is 1.35. The number of nitrogens with one attached hydrogen (secondary N) is 1. The molecule has 7 heteroatoms. The lowest BCUT2D eigenvalue weighted by molar-refractivity contribution is -0.138. The molecule has 114 valence electrons. The minimum absolute atomic E-state index is 0.0176. The van der Waals surface area contributed by atoms with Crippen LogP contribution in [0.2, 0.25) is 0 Å². The fraction of sp³-hybridized carbons (Fsp3) is 0.429. The number of carbonyl (C=O) groups excluding carboxylic acids is 1. The van der Waals surface area contributed by atoms with Crippen molar-refractivity contribution in [2.45, 2.75) is 12.8 Å². The highest BCUT2D eigenvalue weighted by atomic mass is 19.1. The number of carbonyl (C=O) groups is 2. The molecule has 0 radical (unpaired) electrons. The average molecular weight is 296 g/mol. The lowest BCUT2D eigenvalue weighted by Gasteiger charge is -2.17. The molecule has 0 aliphatic carbocycles. The molecule has 1 unspecified atom stereocenters. The van der Waals surface area contributed by atoms with Crippen LogP contribution in [-0.4, -0.2) is 42.2 Å². The van der Waals surface area contributed by atoms with Gasteiger partial charge in [0.05, 0.1) is 7.11 Å². The van der Waals surface area contributed by atoms with Crippen molar-refractivity contribution in [2.24, 2.45) is 5.92 Å². The quantitative estimate of drug-likeness (QED) is 0.892. The van der Waals surface area contributed by atoms with E-state index >= 15 is 0 Å². The van der Waals surface area contributed by atoms with E-state index in [0.29, 0.717) is 25.2 Å². The Hall–Kier alpha value is -2.31. The fourth-order valence-corrected chi connectivity index (χ4v) is 2.37. The molecule has 1 aliphatic heterocycles. The van der Waals surface area contributed by atoms with Crippen molar-refractivity contribution in [1.29, 1.82) is 0 Å². The Morgan fingerprint density at radius 1 is 1.52 bits per heavy atom. The van der Waals surface area contributed by atoms with E-state index in [9.17, 15) is 14.0 Å². The number of hydrogen-bond acceptors (Lipinski definition) is 3. The molecule has 1 aromatic carbocycles. The SMILES string of the molecule is COc1cc(NC(=O)N2CCC(CC(=O)O)C2)ccc1F. The molecule has 1 aliphatic rings. The number of amides is 2. The van der Waals surface area contributed by atoms with Crippen LogP contribution in [0.5, 0.6) is 5.75 Å². The van der Waals surface area contributed by atoms with Crippen LogP contribution in [0.4, 0.5) is 14.9 Å². The van der Waals surface area contributed by atoms with Gasteiger partial charge in [-0.25, -0.2) is 9.18 Å². The van der Waals surface area contributed by atoms with Gasteiger partial charge in [0.15, 0.2) is 11.6 Å². The van der Waals surface area contributed by atoms with Crippen molar-refractivity contribution in [3.8, 4) is 5.75 Å². The molecule has 6 nitrogen and oxygen atoms in total. The Morgan fingerprint density at radius 3 is 2.95 bits per heavy atom. The molecule has 1 fully saturated rings. The zero-order valence-corrected chi connectivity index (χ0v) is 11.6. The number of benzene rings is 1. The summed E-state index contributed by atoms with van der Waals surface area (Å²) in [5.41, 5.74) is 0.430. The lowest BCUT2D eigenvalue weighted by Crippen LogP contribution is -2.33. The van der Waals surface area contributed by atoms with E-state index in [2.05, 4.69) is 5.32 Å². The fourth-order valence-electron chi connectivity index (χ4n) is 2.37. The molecule has 0 spiro atoms. The van der Waals surface area contributed by atoms with E-state index in [4.69, 9.17) is 9.84 Å². The van der Waals surface area contributed by atoms with Crippen LogP contribution < -0.4 is 10.1 Å². The van der Waals surface area contributed by atoms with E-state index in [1.54, 1.807) is 4.90 Å². The number of carboxylic acid groups (broad SMARTS) is 1. The van der Waals surface area contributed by atoms with Crippen LogP contribution in [0.15, 0.2) is 18.2 Å². The maximum Gasteiger partial charge on any atom is 0.321 e. The minimum atomic E-state index is -0.856. The molecule has 2 N–H and O–H groups in total. The first-order chi connectivity index (χ1) is 9.99. The van der Waals surface area contributed by atoms with Gasteiger partial charge < -0.3 is 20.1 Å². The predicted molar refractivity (Wildman–Crippen MR) is 73.9 cm³/mol. The van der Waals surface area contributed by atoms with Crippen LogP contribution in [0.1, 0.15) is 12.8 Å². The van der Waals surface area contributed by atoms with Crippen molar-refractivity contribution in [2.75, 3.05) is 25.5 Å². The zero-order valence-electron chi connectivity index (χ0n) is 11.6. The highest BCUT2D eigenvalue weighted by molar-refractivity contribution is 5.89. The summed E-state index contributed by atoms with van der Waals surface area (Å²) < 4.78 is 18.1. The van der Waals surface area contributed by atoms with Gasteiger partial charge in [0.25, 0.3) is 0 Å². The van der Waals surface area contributed by atoms with Crippen molar-refractivity contribution in [3.63, 3.8) is 0 Å². The molecule has 0 bridgehead atoms. The zero-order chi connectivity index (χ0) is 15.4. The Balaban J connectivity index is 1.94. The van der Waals surface area contributed by atoms with E-state index in [-0.39, 0.29) is 24.1 Å². The summed E-state index contributed by atoms with van der Waals surface area (Å²) in [5, 5.41) is 11.4. The van der Waals surface area contributed by atoms with Gasteiger partial charge in [-0.2, -0.15) is 0 Å². The molecule has 1 saturated heterocycles. The smallest absolute Gasteiger partial charge is 0.321 e. The first-order valence-corrected chi connectivity index (χ1v) is 6.61. The number of nitrogens with zero attached hydrogens (tertiary/aromatic N) is 1. The molecule has 1 heterocycles. The van der Waals surface area contributed by atoms with Crippen LogP contribution in [-0.2, 0) is 4.79 Å². The van der Waals surface area contributed by atoms with Gasteiger partial charge >= 0.3 is 12.0 Å². The standard InChI is InChI=1S/C14H17FN2O4/c1-21-12-7-10(2-3-11(12)15)16-14(20)17-5-4-9(8-17)6-13(18)19/h2-3,7,9H,4-6,8H2,1H3,(H,16,20)(H,18,19). The van der Waals surface area contributed by atoms with Gasteiger partial charge in [-0.15, -0.1) is 0 Å². The van der Waals surface area contributed by atoms with Crippen molar-refractivity contribution < 1.29 is 23.8 Å². The Labute approximate surface area is 121 Å². The molecule has 0 saturated carbocycles. The monoisotopic (exact) mass is 296 g/mol. The summed E-state index contributed by atoms with van der Waals surface area (Å²) in [6.07, 6.45) is 0.737. The second kappa shape index (κ2) is 6.43. The third-order valence-corrected chi connectivity index (χ3v) is 3.44. The minimum Gasteiger partial charge on any atom is -0.494 e. The van der Waals surface area contributed by atoms with Crippen LogP contribution >= 0.6 is 0 Å². The molecule has 0 aromatic heterocycles. The van der Waals surface area contributed by atoms with Gasteiger partial charge in [-0.3, -0.25) is 4.79 Å². The highest BCUT2D eigenvalue weighted by Crippen LogP contribution is 2.23. The van der Waals surface area contributed by atoms with Gasteiger partial charge in [-0.1, -0.05) is 0 Å². The first-order valence-electron chi connectivity index (χ1n) is 6.61. The van der Waals surface area contributed by atoms with Crippen LogP contribution in [0.25, 0.3) is 0 Å². The van der Waals surface area contributed by atoms with E-state index in [0.717, 1.165) is 0 Å². The molecular formula is C14H17FN2O4. The lowest BCUT2D eigenvalue weighted by atomic mass is 10.1. The summed E-state index contributed by atoms with van der Waals surface area (Å²) in [4.78, 5) is 24.3. The predicted octanol–water partition coefficient (Wildman–Crippen LogP) is 2.16. The van der Waals surface area contributed by atoms with E-state index < -0.39 is 11.8 Å². The topological polar surface area (TPSA) is 78.9 Å². The summed E-state index contributed by atoms with van der Waals surface area (Å²) >= 11 is 0. The summed E-state index contributed by atoms with van der Waals surface area (Å²) in [6.45, 7) is 0.929. The normalized spacial score (nSPS) is 17.6. The molecule has 2 amide bonds. The number of methoxy groups -OCH3 is 1. The van der Waals surface area contributed by atoms with Crippen molar-refractivity contribution in [1.82, 2.24) is 4.90 Å².